The lowest BCUT2D eigenvalue weighted by Gasteiger charge is -2.39. The Morgan fingerprint density at radius 2 is 2.13 bits per heavy atom. The lowest BCUT2D eigenvalue weighted by atomic mass is 9.82. The number of methoxy groups -OCH3 is 1. The smallest absolute Gasteiger partial charge is 0.319 e. The van der Waals surface area contributed by atoms with E-state index in [1.807, 2.05) is 13.8 Å². The number of Topliss-reactive ketones (excluding diaryl/α,β-unsaturated/α-hetero) is 1. The molecule has 15 heavy (non-hydrogen) atoms. The highest BCUT2D eigenvalue weighted by atomic mass is 16.5. The maximum absolute atomic E-state index is 11.9. The van der Waals surface area contributed by atoms with E-state index in [1.165, 1.54) is 7.11 Å². The van der Waals surface area contributed by atoms with Gasteiger partial charge in [-0.25, -0.2) is 0 Å². The molecular formula is C11H16O4. The van der Waals surface area contributed by atoms with E-state index in [0.29, 0.717) is 6.42 Å². The van der Waals surface area contributed by atoms with Crippen LogP contribution in [0.3, 0.4) is 0 Å². The fourth-order valence-corrected chi connectivity index (χ4v) is 2.82. The molecule has 2 aliphatic heterocycles. The summed E-state index contributed by atoms with van der Waals surface area (Å²) < 4.78 is 10.5. The molecule has 3 atom stereocenters. The van der Waals surface area contributed by atoms with Crippen molar-refractivity contribution in [1.82, 2.24) is 0 Å². The van der Waals surface area contributed by atoms with Gasteiger partial charge in [0, 0.05) is 6.42 Å². The average Bonchev–Trinajstić information content (AvgIpc) is 2.37. The topological polar surface area (TPSA) is 52.6 Å². The van der Waals surface area contributed by atoms with E-state index >= 15 is 0 Å². The normalized spacial score (nSPS) is 44.2. The molecule has 0 aromatic heterocycles. The largest absolute Gasteiger partial charge is 0.468 e. The van der Waals surface area contributed by atoms with Crippen LogP contribution in [0.5, 0.6) is 0 Å². The Hall–Kier alpha value is -0.900. The predicted octanol–water partition coefficient (Wildman–Crippen LogP) is 1.08. The van der Waals surface area contributed by atoms with Gasteiger partial charge in [-0.15, -0.1) is 0 Å². The van der Waals surface area contributed by atoms with Crippen LogP contribution >= 0.6 is 0 Å². The molecule has 2 fully saturated rings. The van der Waals surface area contributed by atoms with Crippen molar-refractivity contribution in [2.45, 2.75) is 44.3 Å². The standard InChI is InChI=1S/C11H16O4/c1-10-4-5-11(2,15-10)8(7(12)6-10)9(13)14-3/h8H,4-6H2,1-3H3/t8-,10+,11-/m1/s1. The number of fused-ring (bicyclic) bond motifs is 2. The Kier molecular flexibility index (Phi) is 2.15. The molecule has 0 spiro atoms. The molecule has 2 saturated heterocycles. The summed E-state index contributed by atoms with van der Waals surface area (Å²) in [6, 6.07) is 0. The van der Waals surface area contributed by atoms with E-state index in [4.69, 9.17) is 4.74 Å². The summed E-state index contributed by atoms with van der Waals surface area (Å²) in [6.07, 6.45) is 1.90. The summed E-state index contributed by atoms with van der Waals surface area (Å²) in [6.45, 7) is 3.76. The zero-order valence-corrected chi connectivity index (χ0v) is 9.33. The van der Waals surface area contributed by atoms with Crippen LogP contribution in [-0.2, 0) is 19.1 Å². The first-order valence-electron chi connectivity index (χ1n) is 5.21. The van der Waals surface area contributed by atoms with Crippen molar-refractivity contribution in [2.24, 2.45) is 5.92 Å². The van der Waals surface area contributed by atoms with Crippen molar-refractivity contribution in [3.8, 4) is 0 Å². The number of esters is 1. The lowest BCUT2D eigenvalue weighted by Crippen LogP contribution is -2.52. The lowest BCUT2D eigenvalue weighted by molar-refractivity contribution is -0.184. The Morgan fingerprint density at radius 3 is 2.73 bits per heavy atom. The third-order valence-corrected chi connectivity index (χ3v) is 3.55. The molecular weight excluding hydrogens is 196 g/mol. The van der Waals surface area contributed by atoms with E-state index in [1.54, 1.807) is 0 Å². The summed E-state index contributed by atoms with van der Waals surface area (Å²) in [4.78, 5) is 23.4. The molecule has 0 unspecified atom stereocenters. The summed E-state index contributed by atoms with van der Waals surface area (Å²) in [5.41, 5.74) is -1.02. The average molecular weight is 212 g/mol. The number of hydrogen-bond acceptors (Lipinski definition) is 4. The third-order valence-electron chi connectivity index (χ3n) is 3.55. The van der Waals surface area contributed by atoms with Crippen molar-refractivity contribution < 1.29 is 19.1 Å². The van der Waals surface area contributed by atoms with E-state index < -0.39 is 17.5 Å². The summed E-state index contributed by atoms with van der Waals surface area (Å²) in [5.74, 6) is -1.25. The minimum absolute atomic E-state index is 0.0457. The van der Waals surface area contributed by atoms with E-state index in [2.05, 4.69) is 4.74 Å². The van der Waals surface area contributed by atoms with Crippen LogP contribution in [0.25, 0.3) is 0 Å². The maximum atomic E-state index is 11.9. The highest BCUT2D eigenvalue weighted by molar-refractivity contribution is 6.01. The molecule has 0 N–H and O–H groups in total. The molecule has 0 radical (unpaired) electrons. The summed E-state index contributed by atoms with van der Waals surface area (Å²) >= 11 is 0. The highest BCUT2D eigenvalue weighted by Gasteiger charge is 2.59. The van der Waals surface area contributed by atoms with Gasteiger partial charge in [0.05, 0.1) is 18.3 Å². The molecule has 2 rings (SSSR count). The molecule has 2 heterocycles. The van der Waals surface area contributed by atoms with Crippen LogP contribution in [0.1, 0.15) is 33.1 Å². The minimum Gasteiger partial charge on any atom is -0.468 e. The first-order chi connectivity index (χ1) is 6.90. The molecule has 84 valence electrons. The third kappa shape index (κ3) is 1.47. The molecule has 0 saturated carbocycles. The molecule has 2 aliphatic rings. The van der Waals surface area contributed by atoms with Crippen LogP contribution in [0.2, 0.25) is 0 Å². The number of hydrogen-bond donors (Lipinski definition) is 0. The van der Waals surface area contributed by atoms with Crippen molar-refractivity contribution in [1.29, 1.82) is 0 Å². The molecule has 0 aliphatic carbocycles. The maximum Gasteiger partial charge on any atom is 0.319 e. The molecule has 2 bridgehead atoms. The predicted molar refractivity (Wildman–Crippen MR) is 52.3 cm³/mol. The van der Waals surface area contributed by atoms with Gasteiger partial charge in [-0.2, -0.15) is 0 Å². The van der Waals surface area contributed by atoms with Gasteiger partial charge in [0.25, 0.3) is 0 Å². The Balaban J connectivity index is 2.33. The van der Waals surface area contributed by atoms with E-state index in [9.17, 15) is 9.59 Å². The Morgan fingerprint density at radius 1 is 1.47 bits per heavy atom. The molecule has 4 heteroatoms. The van der Waals surface area contributed by atoms with Crippen molar-refractivity contribution in [2.75, 3.05) is 7.11 Å². The zero-order valence-electron chi connectivity index (χ0n) is 9.33. The van der Waals surface area contributed by atoms with Crippen LogP contribution in [0, 0.1) is 5.92 Å². The number of carbonyl (C=O) groups is 2. The van der Waals surface area contributed by atoms with E-state index in [0.717, 1.165) is 12.8 Å². The number of ether oxygens (including phenoxy) is 2. The second kappa shape index (κ2) is 3.04. The van der Waals surface area contributed by atoms with Gasteiger partial charge in [0.2, 0.25) is 0 Å². The van der Waals surface area contributed by atoms with E-state index in [-0.39, 0.29) is 11.4 Å². The molecule has 0 aromatic carbocycles. The fourth-order valence-electron chi connectivity index (χ4n) is 2.82. The van der Waals surface area contributed by atoms with Crippen LogP contribution in [0.15, 0.2) is 0 Å². The van der Waals surface area contributed by atoms with Gasteiger partial charge in [0.1, 0.15) is 5.92 Å². The molecule has 0 amide bonds. The monoisotopic (exact) mass is 212 g/mol. The Bertz CT molecular complexity index is 325. The van der Waals surface area contributed by atoms with Gasteiger partial charge >= 0.3 is 5.97 Å². The SMILES string of the molecule is COC(=O)[C@H]1C(=O)C[C@]2(C)CC[C@@]1(C)O2. The van der Waals surface area contributed by atoms with Crippen molar-refractivity contribution in [3.05, 3.63) is 0 Å². The van der Waals surface area contributed by atoms with Crippen LogP contribution < -0.4 is 0 Å². The van der Waals surface area contributed by atoms with Crippen LogP contribution in [0.4, 0.5) is 0 Å². The fraction of sp³-hybridized carbons (Fsp3) is 0.818. The number of carbonyl (C=O) groups excluding carboxylic acids is 2. The first kappa shape index (κ1) is 10.6. The van der Waals surface area contributed by atoms with Crippen molar-refractivity contribution in [3.63, 3.8) is 0 Å². The van der Waals surface area contributed by atoms with Gasteiger partial charge in [-0.3, -0.25) is 9.59 Å². The summed E-state index contributed by atoms with van der Waals surface area (Å²) in [7, 11) is 1.31. The van der Waals surface area contributed by atoms with Crippen LogP contribution in [-0.4, -0.2) is 30.1 Å². The molecule has 0 aromatic rings. The molecule has 4 nitrogen and oxygen atoms in total. The van der Waals surface area contributed by atoms with Gasteiger partial charge < -0.3 is 9.47 Å². The minimum atomic E-state index is -0.738. The quantitative estimate of drug-likeness (QED) is 0.482. The van der Waals surface area contributed by atoms with Crippen molar-refractivity contribution >= 4 is 11.8 Å². The second-order valence-corrected chi connectivity index (χ2v) is 4.96. The zero-order chi connectivity index (χ0) is 11.3. The van der Waals surface area contributed by atoms with Gasteiger partial charge in [-0.05, 0) is 26.7 Å². The first-order valence-corrected chi connectivity index (χ1v) is 5.21. The summed E-state index contributed by atoms with van der Waals surface area (Å²) in [5, 5.41) is 0. The Labute approximate surface area is 88.9 Å². The highest BCUT2D eigenvalue weighted by Crippen LogP contribution is 2.49. The number of ketones is 1. The van der Waals surface area contributed by atoms with Gasteiger partial charge in [0.15, 0.2) is 5.78 Å². The number of rotatable bonds is 1. The second-order valence-electron chi connectivity index (χ2n) is 4.96. The van der Waals surface area contributed by atoms with Gasteiger partial charge in [-0.1, -0.05) is 0 Å².